The second-order valence-electron chi connectivity index (χ2n) is 4.74. The fourth-order valence-corrected chi connectivity index (χ4v) is 2.80. The molecule has 2 N–H and O–H groups in total. The number of imidazole rings is 1. The first-order chi connectivity index (χ1) is 10.2. The number of rotatable bonds is 3. The molecule has 2 aromatic carbocycles. The van der Waals surface area contributed by atoms with E-state index in [9.17, 15) is 0 Å². The standard InChI is InChI=1S/C16H16ClN3O/c1-3-20-15-12(17)5-4-6-14(15)19-16(20)11-8-7-10(21-2)9-13(11)18/h4-9H,3,18H2,1-2H3. The van der Waals surface area contributed by atoms with E-state index in [1.807, 2.05) is 30.3 Å². The van der Waals surface area contributed by atoms with Gasteiger partial charge in [0, 0.05) is 23.9 Å². The molecule has 0 amide bonds. The fourth-order valence-electron chi connectivity index (χ4n) is 2.53. The average molecular weight is 302 g/mol. The Bertz CT molecular complexity index is 811. The maximum atomic E-state index is 6.32. The number of nitrogen functional groups attached to an aromatic ring is 1. The summed E-state index contributed by atoms with van der Waals surface area (Å²) in [5, 5.41) is 0.695. The van der Waals surface area contributed by atoms with Crippen molar-refractivity contribution in [3.63, 3.8) is 0 Å². The zero-order chi connectivity index (χ0) is 15.0. The van der Waals surface area contributed by atoms with Gasteiger partial charge in [-0.15, -0.1) is 0 Å². The number of fused-ring (bicyclic) bond motifs is 1. The lowest BCUT2D eigenvalue weighted by Crippen LogP contribution is -2.00. The van der Waals surface area contributed by atoms with E-state index in [0.717, 1.165) is 34.7 Å². The molecule has 3 rings (SSSR count). The van der Waals surface area contributed by atoms with Crippen LogP contribution in [-0.2, 0) is 6.54 Å². The van der Waals surface area contributed by atoms with Gasteiger partial charge in [0.05, 0.1) is 23.2 Å². The van der Waals surface area contributed by atoms with Gasteiger partial charge in [-0.1, -0.05) is 17.7 Å². The number of nitrogens with two attached hydrogens (primary N) is 1. The van der Waals surface area contributed by atoms with Crippen molar-refractivity contribution in [2.75, 3.05) is 12.8 Å². The second-order valence-corrected chi connectivity index (χ2v) is 5.15. The molecule has 5 heteroatoms. The number of hydrogen-bond donors (Lipinski definition) is 1. The lowest BCUT2D eigenvalue weighted by molar-refractivity contribution is 0.415. The van der Waals surface area contributed by atoms with Gasteiger partial charge < -0.3 is 15.0 Å². The summed E-state index contributed by atoms with van der Waals surface area (Å²) < 4.78 is 7.27. The molecule has 0 unspecified atom stereocenters. The van der Waals surface area contributed by atoms with E-state index in [2.05, 4.69) is 16.5 Å². The maximum absolute atomic E-state index is 6.32. The minimum Gasteiger partial charge on any atom is -0.497 e. The Hall–Kier alpha value is -2.20. The molecule has 4 nitrogen and oxygen atoms in total. The molecular weight excluding hydrogens is 286 g/mol. The maximum Gasteiger partial charge on any atom is 0.143 e. The highest BCUT2D eigenvalue weighted by Crippen LogP contribution is 2.33. The number of halogens is 1. The molecule has 1 aromatic heterocycles. The van der Waals surface area contributed by atoms with Crippen LogP contribution in [0.25, 0.3) is 22.4 Å². The van der Waals surface area contributed by atoms with Crippen LogP contribution >= 0.6 is 11.6 Å². The van der Waals surface area contributed by atoms with Crippen molar-refractivity contribution in [2.45, 2.75) is 13.5 Å². The van der Waals surface area contributed by atoms with Gasteiger partial charge in [0.2, 0.25) is 0 Å². The Morgan fingerprint density at radius 2 is 2.10 bits per heavy atom. The third-order valence-corrected chi connectivity index (χ3v) is 3.84. The summed E-state index contributed by atoms with van der Waals surface area (Å²) in [5.41, 5.74) is 9.47. The number of nitrogens with zero attached hydrogens (tertiary/aromatic N) is 2. The number of aromatic nitrogens is 2. The first kappa shape index (κ1) is 13.8. The number of ether oxygens (including phenoxy) is 1. The van der Waals surface area contributed by atoms with Gasteiger partial charge in [-0.3, -0.25) is 0 Å². The first-order valence-electron chi connectivity index (χ1n) is 6.74. The van der Waals surface area contributed by atoms with Crippen molar-refractivity contribution in [3.05, 3.63) is 41.4 Å². The summed E-state index contributed by atoms with van der Waals surface area (Å²) in [6.07, 6.45) is 0. The zero-order valence-electron chi connectivity index (χ0n) is 11.9. The monoisotopic (exact) mass is 301 g/mol. The van der Waals surface area contributed by atoms with Gasteiger partial charge in [-0.25, -0.2) is 4.98 Å². The predicted octanol–water partition coefficient (Wildman–Crippen LogP) is 3.97. The SMILES string of the molecule is CCn1c(-c2ccc(OC)cc2N)nc2cccc(Cl)c21. The van der Waals surface area contributed by atoms with Crippen molar-refractivity contribution < 1.29 is 4.74 Å². The van der Waals surface area contributed by atoms with E-state index < -0.39 is 0 Å². The largest absolute Gasteiger partial charge is 0.497 e. The van der Waals surface area contributed by atoms with Crippen molar-refractivity contribution in [2.24, 2.45) is 0 Å². The van der Waals surface area contributed by atoms with Crippen LogP contribution in [0.5, 0.6) is 5.75 Å². The quantitative estimate of drug-likeness (QED) is 0.745. The highest BCUT2D eigenvalue weighted by Gasteiger charge is 2.16. The number of benzene rings is 2. The van der Waals surface area contributed by atoms with Gasteiger partial charge in [0.15, 0.2) is 0 Å². The molecule has 0 radical (unpaired) electrons. The smallest absolute Gasteiger partial charge is 0.143 e. The Morgan fingerprint density at radius 3 is 2.76 bits per heavy atom. The van der Waals surface area contributed by atoms with E-state index in [1.165, 1.54) is 0 Å². The van der Waals surface area contributed by atoms with Crippen LogP contribution in [0.2, 0.25) is 5.02 Å². The summed E-state index contributed by atoms with van der Waals surface area (Å²) >= 11 is 6.32. The summed E-state index contributed by atoms with van der Waals surface area (Å²) in [6.45, 7) is 2.83. The number of anilines is 1. The minimum absolute atomic E-state index is 0.635. The van der Waals surface area contributed by atoms with Gasteiger partial charge in [-0.05, 0) is 31.2 Å². The minimum atomic E-state index is 0.635. The van der Waals surface area contributed by atoms with Gasteiger partial charge >= 0.3 is 0 Å². The fraction of sp³-hybridized carbons (Fsp3) is 0.188. The summed E-state index contributed by atoms with van der Waals surface area (Å²) in [7, 11) is 1.62. The number of para-hydroxylation sites is 1. The van der Waals surface area contributed by atoms with Gasteiger partial charge in [0.1, 0.15) is 11.6 Å². The van der Waals surface area contributed by atoms with Gasteiger partial charge in [0.25, 0.3) is 0 Å². The highest BCUT2D eigenvalue weighted by molar-refractivity contribution is 6.35. The van der Waals surface area contributed by atoms with Crippen molar-refractivity contribution in [1.29, 1.82) is 0 Å². The third-order valence-electron chi connectivity index (χ3n) is 3.53. The molecule has 0 spiro atoms. The lowest BCUT2D eigenvalue weighted by atomic mass is 10.1. The molecule has 0 aliphatic heterocycles. The number of methoxy groups -OCH3 is 1. The Morgan fingerprint density at radius 1 is 1.29 bits per heavy atom. The molecule has 0 bridgehead atoms. The van der Waals surface area contributed by atoms with Gasteiger partial charge in [-0.2, -0.15) is 0 Å². The molecule has 21 heavy (non-hydrogen) atoms. The Labute approximate surface area is 128 Å². The van der Waals surface area contributed by atoms with Crippen LogP contribution < -0.4 is 10.5 Å². The molecule has 108 valence electrons. The average Bonchev–Trinajstić information content (AvgIpc) is 2.86. The molecule has 3 aromatic rings. The third kappa shape index (κ3) is 2.21. The Balaban J connectivity index is 2.27. The van der Waals surface area contributed by atoms with E-state index >= 15 is 0 Å². The highest BCUT2D eigenvalue weighted by atomic mass is 35.5. The lowest BCUT2D eigenvalue weighted by Gasteiger charge is -2.10. The van der Waals surface area contributed by atoms with Crippen LogP contribution in [0.1, 0.15) is 6.92 Å². The van der Waals surface area contributed by atoms with Crippen LogP contribution in [0, 0.1) is 0 Å². The number of hydrogen-bond acceptors (Lipinski definition) is 3. The topological polar surface area (TPSA) is 53.1 Å². The normalized spacial score (nSPS) is 11.0. The molecule has 0 fully saturated rings. The second kappa shape index (κ2) is 5.30. The van der Waals surface area contributed by atoms with Crippen LogP contribution in [0.3, 0.4) is 0 Å². The van der Waals surface area contributed by atoms with Crippen molar-refractivity contribution in [3.8, 4) is 17.1 Å². The molecule has 0 saturated carbocycles. The van der Waals surface area contributed by atoms with E-state index in [1.54, 1.807) is 13.2 Å². The summed E-state index contributed by atoms with van der Waals surface area (Å²) in [5.74, 6) is 1.55. The number of aryl methyl sites for hydroxylation is 1. The first-order valence-corrected chi connectivity index (χ1v) is 7.12. The van der Waals surface area contributed by atoms with Crippen molar-refractivity contribution >= 4 is 28.3 Å². The van der Waals surface area contributed by atoms with Crippen LogP contribution in [0.15, 0.2) is 36.4 Å². The summed E-state index contributed by atoms with van der Waals surface area (Å²) in [6, 6.07) is 11.3. The predicted molar refractivity (Wildman–Crippen MR) is 86.8 cm³/mol. The zero-order valence-corrected chi connectivity index (χ0v) is 12.7. The van der Waals surface area contributed by atoms with Crippen molar-refractivity contribution in [1.82, 2.24) is 9.55 Å². The van der Waals surface area contributed by atoms with Crippen LogP contribution in [-0.4, -0.2) is 16.7 Å². The molecule has 1 heterocycles. The molecule has 0 aliphatic rings. The van der Waals surface area contributed by atoms with E-state index in [0.29, 0.717) is 10.7 Å². The molecular formula is C16H16ClN3O. The molecule has 0 atom stereocenters. The van der Waals surface area contributed by atoms with E-state index in [4.69, 9.17) is 22.1 Å². The molecule has 0 aliphatic carbocycles. The summed E-state index contributed by atoms with van der Waals surface area (Å²) in [4.78, 5) is 4.69. The van der Waals surface area contributed by atoms with Crippen LogP contribution in [0.4, 0.5) is 5.69 Å². The molecule has 0 saturated heterocycles. The Kier molecular flexibility index (Phi) is 3.47. The van der Waals surface area contributed by atoms with E-state index in [-0.39, 0.29) is 0 Å².